The van der Waals surface area contributed by atoms with Crippen LogP contribution in [0, 0.1) is 13.8 Å². The second-order valence-electron chi connectivity index (χ2n) is 6.22. The summed E-state index contributed by atoms with van der Waals surface area (Å²) in [6.07, 6.45) is 1.67. The Labute approximate surface area is 151 Å². The predicted octanol–water partition coefficient (Wildman–Crippen LogP) is 3.50. The van der Waals surface area contributed by atoms with Crippen molar-refractivity contribution in [1.29, 1.82) is 0 Å². The summed E-state index contributed by atoms with van der Waals surface area (Å²) in [6.45, 7) is 4.12. The number of pyridine rings is 1. The van der Waals surface area contributed by atoms with E-state index in [1.54, 1.807) is 12.3 Å². The lowest BCUT2D eigenvalue weighted by Crippen LogP contribution is -2.18. The zero-order valence-electron chi connectivity index (χ0n) is 14.2. The number of benzene rings is 2. The van der Waals surface area contributed by atoms with Gasteiger partial charge in [0, 0.05) is 17.6 Å². The van der Waals surface area contributed by atoms with Crippen LogP contribution in [0.15, 0.2) is 42.6 Å². The maximum absolute atomic E-state index is 6.29. The van der Waals surface area contributed by atoms with E-state index in [4.69, 9.17) is 9.47 Å². The lowest BCUT2D eigenvalue weighted by atomic mass is 10.2. The van der Waals surface area contributed by atoms with Crippen molar-refractivity contribution in [2.75, 3.05) is 0 Å². The van der Waals surface area contributed by atoms with Gasteiger partial charge in [0.1, 0.15) is 17.2 Å². The Morgan fingerprint density at radius 2 is 1.92 bits per heavy atom. The van der Waals surface area contributed by atoms with Gasteiger partial charge >= 0.3 is 0 Å². The Bertz CT molecular complexity index is 1160. The van der Waals surface area contributed by atoms with Crippen molar-refractivity contribution in [3.8, 4) is 23.0 Å². The number of nitrogens with zero attached hydrogens (tertiary/aromatic N) is 3. The van der Waals surface area contributed by atoms with E-state index in [0.717, 1.165) is 28.1 Å². The molecule has 1 N–H and O–H groups in total. The Kier molecular flexibility index (Phi) is 3.40. The summed E-state index contributed by atoms with van der Waals surface area (Å²) in [6, 6.07) is 12.1. The highest BCUT2D eigenvalue weighted by atomic mass is 31.1. The minimum atomic E-state index is 0.462. The molecule has 6 nitrogen and oxygen atoms in total. The number of aryl methyl sites for hydroxylation is 2. The van der Waals surface area contributed by atoms with E-state index < -0.39 is 0 Å². The van der Waals surface area contributed by atoms with Crippen LogP contribution in [0.4, 0.5) is 0 Å². The van der Waals surface area contributed by atoms with Gasteiger partial charge in [0.15, 0.2) is 11.3 Å². The molecule has 2 aromatic carbocycles. The van der Waals surface area contributed by atoms with Gasteiger partial charge in [-0.05, 0) is 46.2 Å². The highest BCUT2D eigenvalue weighted by molar-refractivity contribution is 7.56. The monoisotopic (exact) mass is 362 g/mol. The highest BCUT2D eigenvalue weighted by Crippen LogP contribution is 2.40. The minimum absolute atomic E-state index is 0.462. The zero-order chi connectivity index (χ0) is 17.7. The topological polar surface area (TPSA) is 72.9 Å². The number of H-pyrrole nitrogens is 1. The molecular formula is C19H15N4O2P. The molecule has 1 atom stereocenters. The van der Waals surface area contributed by atoms with Gasteiger partial charge in [0.05, 0.1) is 5.30 Å². The second kappa shape index (κ2) is 5.78. The van der Waals surface area contributed by atoms with Gasteiger partial charge in [-0.15, -0.1) is 5.10 Å². The summed E-state index contributed by atoms with van der Waals surface area (Å²) in [5.74, 6) is 3.19. The maximum Gasteiger partial charge on any atom is 0.205 e. The average molecular weight is 362 g/mol. The van der Waals surface area contributed by atoms with Crippen LogP contribution in [0.1, 0.15) is 11.1 Å². The molecule has 0 aliphatic carbocycles. The fraction of sp³-hybridized carbons (Fsp3) is 0.105. The molecule has 0 radical (unpaired) electrons. The highest BCUT2D eigenvalue weighted by Gasteiger charge is 2.23. The Hall–Kier alpha value is -2.98. The number of aromatic amines is 1. The molecule has 2 aromatic heterocycles. The van der Waals surface area contributed by atoms with Gasteiger partial charge in [-0.3, -0.25) is 0 Å². The fourth-order valence-electron chi connectivity index (χ4n) is 3.01. The largest absolute Gasteiger partial charge is 0.456 e. The van der Waals surface area contributed by atoms with Crippen molar-refractivity contribution in [2.24, 2.45) is 0 Å². The van der Waals surface area contributed by atoms with Gasteiger partial charge in [0.2, 0.25) is 5.65 Å². The summed E-state index contributed by atoms with van der Waals surface area (Å²) >= 11 is 0. The molecule has 4 aromatic rings. The molecule has 5 rings (SSSR count). The van der Waals surface area contributed by atoms with E-state index in [-0.39, 0.29) is 0 Å². The number of nitrogens with one attached hydrogen (secondary N) is 1. The summed E-state index contributed by atoms with van der Waals surface area (Å²) in [7, 11) is 0.462. The molecule has 1 unspecified atom stereocenters. The Morgan fingerprint density at radius 1 is 1.04 bits per heavy atom. The normalized spacial score (nSPS) is 13.3. The smallest absolute Gasteiger partial charge is 0.205 e. The van der Waals surface area contributed by atoms with Crippen LogP contribution < -0.4 is 20.1 Å². The number of hydrogen-bond acceptors (Lipinski definition) is 5. The van der Waals surface area contributed by atoms with E-state index >= 15 is 0 Å². The van der Waals surface area contributed by atoms with Crippen LogP contribution >= 0.6 is 8.58 Å². The predicted molar refractivity (Wildman–Crippen MR) is 102 cm³/mol. The number of rotatable bonds is 2. The standard InChI is InChI=1S/C19H15N4O2P/c1-10-3-5-12-15(9-10)26-18-14(24-12)6-4-11(2)17(18)25-13-7-8-20-19-16(13)21-23-22-19/h3-9,26H,1-2H3,(H,20,21,22,23). The van der Waals surface area contributed by atoms with Crippen molar-refractivity contribution < 1.29 is 9.47 Å². The van der Waals surface area contributed by atoms with E-state index in [0.29, 0.717) is 25.5 Å². The van der Waals surface area contributed by atoms with Gasteiger partial charge in [-0.25, -0.2) is 4.98 Å². The van der Waals surface area contributed by atoms with Crippen molar-refractivity contribution in [1.82, 2.24) is 20.4 Å². The first-order valence-corrected chi connectivity index (χ1v) is 9.21. The molecule has 0 fully saturated rings. The lowest BCUT2D eigenvalue weighted by Gasteiger charge is -2.24. The first-order chi connectivity index (χ1) is 12.7. The third-order valence-corrected chi connectivity index (χ3v) is 5.71. The molecule has 0 amide bonds. The van der Waals surface area contributed by atoms with E-state index in [1.165, 1.54) is 10.9 Å². The molecule has 0 saturated heterocycles. The zero-order valence-corrected chi connectivity index (χ0v) is 15.2. The van der Waals surface area contributed by atoms with E-state index in [1.807, 2.05) is 25.1 Å². The van der Waals surface area contributed by atoms with Crippen molar-refractivity contribution in [3.05, 3.63) is 53.7 Å². The minimum Gasteiger partial charge on any atom is -0.456 e. The Morgan fingerprint density at radius 3 is 2.85 bits per heavy atom. The fourth-order valence-corrected chi connectivity index (χ4v) is 4.46. The molecule has 128 valence electrons. The molecule has 1 aliphatic heterocycles. The molecular weight excluding hydrogens is 347 g/mol. The van der Waals surface area contributed by atoms with Gasteiger partial charge in [-0.2, -0.15) is 10.3 Å². The molecule has 0 saturated carbocycles. The number of ether oxygens (including phenoxy) is 2. The average Bonchev–Trinajstić information content (AvgIpc) is 3.12. The summed E-state index contributed by atoms with van der Waals surface area (Å²) in [4.78, 5) is 4.19. The van der Waals surface area contributed by atoms with Gasteiger partial charge in [-0.1, -0.05) is 17.7 Å². The summed E-state index contributed by atoms with van der Waals surface area (Å²) in [5.41, 5.74) is 3.41. The lowest BCUT2D eigenvalue weighted by molar-refractivity contribution is 0.467. The second-order valence-corrected chi connectivity index (χ2v) is 7.51. The van der Waals surface area contributed by atoms with Gasteiger partial charge < -0.3 is 9.47 Å². The third kappa shape index (κ3) is 2.42. The number of aromatic nitrogens is 4. The molecule has 0 bridgehead atoms. The van der Waals surface area contributed by atoms with Crippen LogP contribution in [0.25, 0.3) is 11.2 Å². The quantitative estimate of drug-likeness (QED) is 0.487. The Balaban J connectivity index is 1.62. The maximum atomic E-state index is 6.29. The molecule has 3 heterocycles. The van der Waals surface area contributed by atoms with Crippen molar-refractivity contribution >= 4 is 30.4 Å². The van der Waals surface area contributed by atoms with Crippen LogP contribution in [0.3, 0.4) is 0 Å². The van der Waals surface area contributed by atoms with E-state index in [9.17, 15) is 0 Å². The SMILES string of the molecule is Cc1ccc2c(c1)Pc1c(ccc(C)c1Oc1ccnc3n[nH]nc13)O2. The molecule has 1 aliphatic rings. The molecule has 0 spiro atoms. The molecule has 7 heteroatoms. The van der Waals surface area contributed by atoms with Crippen molar-refractivity contribution in [3.63, 3.8) is 0 Å². The van der Waals surface area contributed by atoms with Crippen molar-refractivity contribution in [2.45, 2.75) is 13.8 Å². The summed E-state index contributed by atoms with van der Waals surface area (Å²) < 4.78 is 12.4. The number of fused-ring (bicyclic) bond motifs is 3. The third-order valence-electron chi connectivity index (χ3n) is 4.33. The van der Waals surface area contributed by atoms with Crippen LogP contribution in [-0.2, 0) is 0 Å². The van der Waals surface area contributed by atoms with Crippen LogP contribution in [-0.4, -0.2) is 20.4 Å². The van der Waals surface area contributed by atoms with Crippen LogP contribution in [0.2, 0.25) is 0 Å². The van der Waals surface area contributed by atoms with E-state index in [2.05, 4.69) is 39.5 Å². The van der Waals surface area contributed by atoms with Gasteiger partial charge in [0.25, 0.3) is 0 Å². The molecule has 26 heavy (non-hydrogen) atoms. The first kappa shape index (κ1) is 15.3. The summed E-state index contributed by atoms with van der Waals surface area (Å²) in [5, 5.41) is 13.0. The number of hydrogen-bond donors (Lipinski definition) is 1. The van der Waals surface area contributed by atoms with Crippen LogP contribution in [0.5, 0.6) is 23.0 Å². The first-order valence-electron chi connectivity index (χ1n) is 8.21.